The van der Waals surface area contributed by atoms with E-state index in [1.807, 2.05) is 4.90 Å². The molecule has 1 atom stereocenters. The zero-order valence-electron chi connectivity index (χ0n) is 12.2. The third kappa shape index (κ3) is 4.45. The Morgan fingerprint density at radius 1 is 1.45 bits per heavy atom. The van der Waals surface area contributed by atoms with Crippen molar-refractivity contribution in [2.24, 2.45) is 0 Å². The van der Waals surface area contributed by atoms with Gasteiger partial charge in [0, 0.05) is 19.6 Å². The number of morpholine rings is 1. The number of nitrogens with zero attached hydrogens (tertiary/aromatic N) is 1. The van der Waals surface area contributed by atoms with Gasteiger partial charge in [-0.25, -0.2) is 0 Å². The highest BCUT2D eigenvalue weighted by Crippen LogP contribution is 2.32. The minimum Gasteiger partial charge on any atom is -0.469 e. The Hall–Kier alpha value is -1.60. The van der Waals surface area contributed by atoms with Crippen molar-refractivity contribution in [3.63, 3.8) is 0 Å². The Morgan fingerprint density at radius 2 is 2.23 bits per heavy atom. The monoisotopic (exact) mass is 317 g/mol. The Kier molecular flexibility index (Phi) is 5.42. The summed E-state index contributed by atoms with van der Waals surface area (Å²) in [7, 11) is 1.33. The van der Waals surface area contributed by atoms with E-state index in [4.69, 9.17) is 4.74 Å². The van der Waals surface area contributed by atoms with Gasteiger partial charge in [0.15, 0.2) is 0 Å². The zero-order valence-corrected chi connectivity index (χ0v) is 12.2. The third-order valence-corrected chi connectivity index (χ3v) is 3.60. The molecule has 22 heavy (non-hydrogen) atoms. The van der Waals surface area contributed by atoms with E-state index in [0.717, 1.165) is 12.1 Å². The van der Waals surface area contributed by atoms with Gasteiger partial charge in [0.05, 0.1) is 31.8 Å². The predicted octanol–water partition coefficient (Wildman–Crippen LogP) is 2.64. The van der Waals surface area contributed by atoms with Crippen molar-refractivity contribution in [1.82, 2.24) is 4.90 Å². The van der Waals surface area contributed by atoms with E-state index < -0.39 is 17.8 Å². The maximum atomic E-state index is 12.8. The molecule has 0 bridgehead atoms. The summed E-state index contributed by atoms with van der Waals surface area (Å²) >= 11 is 0. The molecule has 1 saturated heterocycles. The van der Waals surface area contributed by atoms with E-state index in [9.17, 15) is 18.0 Å². The molecule has 0 unspecified atom stereocenters. The zero-order chi connectivity index (χ0) is 16.2. The Labute approximate surface area is 126 Å². The maximum Gasteiger partial charge on any atom is 0.416 e. The lowest BCUT2D eigenvalue weighted by Crippen LogP contribution is -2.39. The van der Waals surface area contributed by atoms with Gasteiger partial charge < -0.3 is 9.47 Å². The fraction of sp³-hybridized carbons (Fsp3) is 0.533. The quantitative estimate of drug-likeness (QED) is 0.800. The second-order valence-corrected chi connectivity index (χ2v) is 5.11. The summed E-state index contributed by atoms with van der Waals surface area (Å²) in [6.07, 6.45) is -4.53. The first-order valence-corrected chi connectivity index (χ1v) is 6.98. The van der Waals surface area contributed by atoms with Gasteiger partial charge in [-0.1, -0.05) is 12.1 Å². The van der Waals surface area contributed by atoms with Gasteiger partial charge in [0.1, 0.15) is 0 Å². The van der Waals surface area contributed by atoms with Gasteiger partial charge in [-0.3, -0.25) is 9.69 Å². The average Bonchev–Trinajstić information content (AvgIpc) is 2.52. The van der Waals surface area contributed by atoms with Crippen LogP contribution in [0.2, 0.25) is 0 Å². The first-order valence-electron chi connectivity index (χ1n) is 6.98. The van der Waals surface area contributed by atoms with Crippen LogP contribution in [0.3, 0.4) is 0 Å². The normalized spacial score (nSPS) is 19.9. The second-order valence-electron chi connectivity index (χ2n) is 5.11. The highest BCUT2D eigenvalue weighted by molar-refractivity contribution is 5.69. The van der Waals surface area contributed by atoms with E-state index in [1.54, 1.807) is 6.07 Å². The number of benzene rings is 1. The van der Waals surface area contributed by atoms with Crippen LogP contribution in [0.25, 0.3) is 0 Å². The molecule has 0 aliphatic carbocycles. The topological polar surface area (TPSA) is 38.8 Å². The van der Waals surface area contributed by atoms with Gasteiger partial charge in [-0.15, -0.1) is 0 Å². The summed E-state index contributed by atoms with van der Waals surface area (Å²) in [5.41, 5.74) is -0.183. The number of hydrogen-bond donors (Lipinski definition) is 0. The van der Waals surface area contributed by atoms with Crippen molar-refractivity contribution >= 4 is 5.97 Å². The van der Waals surface area contributed by atoms with Crippen LogP contribution in [-0.4, -0.2) is 44.2 Å². The molecule has 1 aromatic rings. The number of alkyl halides is 3. The SMILES string of the molecule is COC(=O)CCN1CCO[C@@H](c2cccc(C(F)(F)F)c2)C1. The van der Waals surface area contributed by atoms with Crippen molar-refractivity contribution in [3.8, 4) is 0 Å². The van der Waals surface area contributed by atoms with Crippen LogP contribution < -0.4 is 0 Å². The van der Waals surface area contributed by atoms with Crippen LogP contribution >= 0.6 is 0 Å². The van der Waals surface area contributed by atoms with Crippen LogP contribution in [0.15, 0.2) is 24.3 Å². The molecule has 4 nitrogen and oxygen atoms in total. The smallest absolute Gasteiger partial charge is 0.416 e. The molecule has 0 aromatic heterocycles. The second kappa shape index (κ2) is 7.11. The van der Waals surface area contributed by atoms with E-state index in [-0.39, 0.29) is 12.4 Å². The minimum atomic E-state index is -4.37. The largest absolute Gasteiger partial charge is 0.469 e. The highest BCUT2D eigenvalue weighted by Gasteiger charge is 2.31. The molecule has 0 N–H and O–H groups in total. The molecule has 0 spiro atoms. The van der Waals surface area contributed by atoms with Gasteiger partial charge in [0.2, 0.25) is 0 Å². The molecule has 2 rings (SSSR count). The first-order chi connectivity index (χ1) is 10.4. The first kappa shape index (κ1) is 16.8. The average molecular weight is 317 g/mol. The number of halogens is 3. The summed E-state index contributed by atoms with van der Waals surface area (Å²) in [5.74, 6) is -0.304. The molecule has 0 saturated carbocycles. The standard InChI is InChI=1S/C15H18F3NO3/c1-21-14(20)5-6-19-7-8-22-13(10-19)11-3-2-4-12(9-11)15(16,17)18/h2-4,9,13H,5-8,10H2,1H3/t13-/m1/s1. The molecule has 1 fully saturated rings. The van der Waals surface area contributed by atoms with Crippen LogP contribution in [0.5, 0.6) is 0 Å². The molecule has 1 aromatic carbocycles. The van der Waals surface area contributed by atoms with Crippen LogP contribution in [0.4, 0.5) is 13.2 Å². The van der Waals surface area contributed by atoms with Gasteiger partial charge in [-0.2, -0.15) is 13.2 Å². The van der Waals surface area contributed by atoms with Crippen LogP contribution in [0, 0.1) is 0 Å². The summed E-state index contributed by atoms with van der Waals surface area (Å²) in [6, 6.07) is 5.18. The van der Waals surface area contributed by atoms with Crippen molar-refractivity contribution < 1.29 is 27.4 Å². The molecular formula is C15H18F3NO3. The number of carbonyl (C=O) groups excluding carboxylic acids is 1. The number of ether oxygens (including phenoxy) is 2. The van der Waals surface area contributed by atoms with E-state index in [1.165, 1.54) is 13.2 Å². The van der Waals surface area contributed by atoms with E-state index >= 15 is 0 Å². The molecule has 122 valence electrons. The Morgan fingerprint density at radius 3 is 2.91 bits per heavy atom. The van der Waals surface area contributed by atoms with Gasteiger partial charge in [-0.05, 0) is 17.7 Å². The van der Waals surface area contributed by atoms with Crippen LogP contribution in [0.1, 0.15) is 23.7 Å². The fourth-order valence-electron chi connectivity index (χ4n) is 2.37. The molecule has 1 heterocycles. The Balaban J connectivity index is 2.01. The molecule has 0 radical (unpaired) electrons. The summed E-state index contributed by atoms with van der Waals surface area (Å²) < 4.78 is 48.4. The van der Waals surface area contributed by atoms with Crippen molar-refractivity contribution in [1.29, 1.82) is 0 Å². The predicted molar refractivity (Wildman–Crippen MR) is 73.2 cm³/mol. The number of esters is 1. The highest BCUT2D eigenvalue weighted by atomic mass is 19.4. The van der Waals surface area contributed by atoms with Crippen molar-refractivity contribution in [2.45, 2.75) is 18.7 Å². The minimum absolute atomic E-state index is 0.256. The molecule has 1 aliphatic rings. The summed E-state index contributed by atoms with van der Waals surface area (Å²) in [4.78, 5) is 13.1. The molecular weight excluding hydrogens is 299 g/mol. The van der Waals surface area contributed by atoms with Gasteiger partial charge >= 0.3 is 12.1 Å². The lowest BCUT2D eigenvalue weighted by molar-refractivity contribution is -0.141. The number of rotatable bonds is 4. The van der Waals surface area contributed by atoms with E-state index in [0.29, 0.717) is 31.8 Å². The van der Waals surface area contributed by atoms with Crippen LogP contribution in [-0.2, 0) is 20.4 Å². The Bertz CT molecular complexity index is 519. The van der Waals surface area contributed by atoms with Crippen molar-refractivity contribution in [2.75, 3.05) is 33.4 Å². The summed E-state index contributed by atoms with van der Waals surface area (Å²) in [5, 5.41) is 0. The van der Waals surface area contributed by atoms with Gasteiger partial charge in [0.25, 0.3) is 0 Å². The number of hydrogen-bond acceptors (Lipinski definition) is 4. The maximum absolute atomic E-state index is 12.8. The molecule has 0 amide bonds. The third-order valence-electron chi connectivity index (χ3n) is 3.60. The fourth-order valence-corrected chi connectivity index (χ4v) is 2.37. The molecule has 7 heteroatoms. The lowest BCUT2D eigenvalue weighted by Gasteiger charge is -2.33. The van der Waals surface area contributed by atoms with Crippen molar-refractivity contribution in [3.05, 3.63) is 35.4 Å². The molecule has 1 aliphatic heterocycles. The summed E-state index contributed by atoms with van der Waals surface area (Å²) in [6.45, 7) is 2.03. The van der Waals surface area contributed by atoms with E-state index in [2.05, 4.69) is 4.74 Å². The number of carbonyl (C=O) groups is 1. The lowest BCUT2D eigenvalue weighted by atomic mass is 10.0. The number of methoxy groups -OCH3 is 1.